The summed E-state index contributed by atoms with van der Waals surface area (Å²) < 4.78 is 0. The van der Waals surface area contributed by atoms with Crippen LogP contribution in [0, 0.1) is 0 Å². The average molecular weight is 299 g/mol. The summed E-state index contributed by atoms with van der Waals surface area (Å²) in [7, 11) is 0. The minimum atomic E-state index is -0.0984. The van der Waals surface area contributed by atoms with E-state index in [1.54, 1.807) is 17.0 Å². The Morgan fingerprint density at radius 1 is 1.40 bits per heavy atom. The molecule has 1 rings (SSSR count). The molecule has 0 bridgehead atoms. The van der Waals surface area contributed by atoms with E-state index in [4.69, 9.17) is 16.7 Å². The number of hydrogen-bond donors (Lipinski definition) is 1. The molecule has 0 unspecified atom stereocenters. The van der Waals surface area contributed by atoms with Gasteiger partial charge in [0.2, 0.25) is 0 Å². The molecule has 1 aromatic heterocycles. The lowest BCUT2D eigenvalue weighted by Gasteiger charge is -2.22. The van der Waals surface area contributed by atoms with Crippen molar-refractivity contribution in [1.29, 1.82) is 0 Å². The molecule has 20 heavy (non-hydrogen) atoms. The summed E-state index contributed by atoms with van der Waals surface area (Å²) in [5, 5.41) is 9.43. The van der Waals surface area contributed by atoms with E-state index >= 15 is 0 Å². The molecule has 112 valence electrons. The topological polar surface area (TPSA) is 53.4 Å². The highest BCUT2D eigenvalue weighted by Crippen LogP contribution is 2.19. The molecule has 1 N–H and O–H groups in total. The number of carbonyl (C=O) groups excluding carboxylic acids is 1. The number of aliphatic hydroxyl groups is 1. The molecule has 0 radical (unpaired) electrons. The van der Waals surface area contributed by atoms with E-state index < -0.39 is 0 Å². The normalized spacial score (nSPS) is 10.9. The van der Waals surface area contributed by atoms with Crippen LogP contribution in [-0.2, 0) is 0 Å². The van der Waals surface area contributed by atoms with Crippen LogP contribution in [0.5, 0.6) is 0 Å². The van der Waals surface area contributed by atoms with Gasteiger partial charge in [0.05, 0.1) is 6.61 Å². The zero-order chi connectivity index (χ0) is 15.1. The van der Waals surface area contributed by atoms with Gasteiger partial charge in [-0.15, -0.1) is 0 Å². The number of halogens is 1. The van der Waals surface area contributed by atoms with Gasteiger partial charge in [-0.3, -0.25) is 4.79 Å². The number of nitrogens with zero attached hydrogens (tertiary/aromatic N) is 2. The van der Waals surface area contributed by atoms with Crippen LogP contribution in [0.1, 0.15) is 55.6 Å². The second-order valence-corrected chi connectivity index (χ2v) is 5.51. The molecule has 0 atom stereocenters. The van der Waals surface area contributed by atoms with Gasteiger partial charge in [-0.05, 0) is 24.5 Å². The van der Waals surface area contributed by atoms with E-state index in [1.165, 1.54) is 0 Å². The first kappa shape index (κ1) is 16.9. The molecule has 5 heteroatoms. The van der Waals surface area contributed by atoms with Crippen molar-refractivity contribution in [3.8, 4) is 0 Å². The summed E-state index contributed by atoms with van der Waals surface area (Å²) in [6.45, 7) is 7.04. The highest BCUT2D eigenvalue weighted by atomic mass is 35.5. The van der Waals surface area contributed by atoms with Crippen molar-refractivity contribution >= 4 is 17.5 Å². The minimum Gasteiger partial charge on any atom is -0.395 e. The molecule has 4 nitrogen and oxygen atoms in total. The zero-order valence-corrected chi connectivity index (χ0v) is 13.2. The van der Waals surface area contributed by atoms with Gasteiger partial charge in [-0.25, -0.2) is 4.98 Å². The molecule has 0 spiro atoms. The van der Waals surface area contributed by atoms with Crippen LogP contribution in [0.2, 0.25) is 5.15 Å². The van der Waals surface area contributed by atoms with E-state index in [1.807, 2.05) is 13.8 Å². The van der Waals surface area contributed by atoms with Crippen molar-refractivity contribution < 1.29 is 9.90 Å². The molecule has 1 aromatic rings. The average Bonchev–Trinajstić information content (AvgIpc) is 2.42. The van der Waals surface area contributed by atoms with E-state index in [-0.39, 0.29) is 18.4 Å². The Bertz CT molecular complexity index is 449. The predicted molar refractivity (Wildman–Crippen MR) is 81.2 cm³/mol. The molecule has 0 aromatic carbocycles. The van der Waals surface area contributed by atoms with Crippen LogP contribution < -0.4 is 0 Å². The lowest BCUT2D eigenvalue weighted by Crippen LogP contribution is -2.34. The Kier molecular flexibility index (Phi) is 6.96. The largest absolute Gasteiger partial charge is 0.395 e. The third-order valence-electron chi connectivity index (χ3n) is 3.09. The van der Waals surface area contributed by atoms with Crippen LogP contribution in [0.15, 0.2) is 12.1 Å². The summed E-state index contributed by atoms with van der Waals surface area (Å²) in [5.41, 5.74) is 1.35. The van der Waals surface area contributed by atoms with Gasteiger partial charge in [-0.1, -0.05) is 38.8 Å². The third-order valence-corrected chi connectivity index (χ3v) is 3.28. The van der Waals surface area contributed by atoms with Crippen molar-refractivity contribution in [2.75, 3.05) is 19.7 Å². The monoisotopic (exact) mass is 298 g/mol. The Labute approximate surface area is 125 Å². The van der Waals surface area contributed by atoms with Crippen LogP contribution >= 0.6 is 11.6 Å². The number of carbonyl (C=O) groups is 1. The number of aromatic nitrogens is 1. The molecule has 0 saturated carbocycles. The molecular weight excluding hydrogens is 276 g/mol. The van der Waals surface area contributed by atoms with Gasteiger partial charge in [0.1, 0.15) is 5.15 Å². The fourth-order valence-corrected chi connectivity index (χ4v) is 2.12. The first-order chi connectivity index (χ1) is 9.49. The van der Waals surface area contributed by atoms with Gasteiger partial charge in [0, 0.05) is 24.3 Å². The van der Waals surface area contributed by atoms with Gasteiger partial charge >= 0.3 is 0 Å². The molecule has 1 heterocycles. The second-order valence-electron chi connectivity index (χ2n) is 5.13. The quantitative estimate of drug-likeness (QED) is 0.787. The lowest BCUT2D eigenvalue weighted by molar-refractivity contribution is 0.0719. The molecule has 0 saturated heterocycles. The van der Waals surface area contributed by atoms with E-state index in [0.29, 0.717) is 23.8 Å². The number of pyridine rings is 1. The highest BCUT2D eigenvalue weighted by Gasteiger charge is 2.17. The molecule has 1 amide bonds. The van der Waals surface area contributed by atoms with E-state index in [0.717, 1.165) is 18.5 Å². The maximum Gasteiger partial charge on any atom is 0.254 e. The van der Waals surface area contributed by atoms with Crippen molar-refractivity contribution in [3.63, 3.8) is 0 Å². The third kappa shape index (κ3) is 4.76. The summed E-state index contributed by atoms with van der Waals surface area (Å²) >= 11 is 5.99. The van der Waals surface area contributed by atoms with E-state index in [2.05, 4.69) is 11.9 Å². The van der Waals surface area contributed by atoms with Gasteiger partial charge in [0.25, 0.3) is 5.91 Å². The predicted octanol–water partition coefficient (Wildman–Crippen LogP) is 3.09. The number of unbranched alkanes of at least 4 members (excludes halogenated alkanes) is 1. The SMILES string of the molecule is CCCCN(CCO)C(=O)c1cc(Cl)nc(C(C)C)c1. The highest BCUT2D eigenvalue weighted by molar-refractivity contribution is 6.29. The number of hydrogen-bond acceptors (Lipinski definition) is 3. The first-order valence-electron chi connectivity index (χ1n) is 7.07. The van der Waals surface area contributed by atoms with Gasteiger partial charge in [-0.2, -0.15) is 0 Å². The summed E-state index contributed by atoms with van der Waals surface area (Å²) in [4.78, 5) is 18.4. The van der Waals surface area contributed by atoms with Gasteiger partial charge < -0.3 is 10.0 Å². The molecular formula is C15H23ClN2O2. The standard InChI is InChI=1S/C15H23ClN2O2/c1-4-5-6-18(7-8-19)15(20)12-9-13(11(2)3)17-14(16)10-12/h9-11,19H,4-8H2,1-3H3. The molecule has 0 aliphatic rings. The fourth-order valence-electron chi connectivity index (χ4n) is 1.90. The van der Waals surface area contributed by atoms with Crippen molar-refractivity contribution in [2.45, 2.75) is 39.5 Å². The van der Waals surface area contributed by atoms with E-state index in [9.17, 15) is 4.79 Å². The van der Waals surface area contributed by atoms with Crippen LogP contribution in [0.4, 0.5) is 0 Å². The van der Waals surface area contributed by atoms with Crippen molar-refractivity contribution in [2.24, 2.45) is 0 Å². The second kappa shape index (κ2) is 8.22. The Morgan fingerprint density at radius 3 is 2.65 bits per heavy atom. The smallest absolute Gasteiger partial charge is 0.254 e. The summed E-state index contributed by atoms with van der Waals surface area (Å²) in [5.74, 6) is 0.112. The molecule has 0 aliphatic heterocycles. The molecule has 0 fully saturated rings. The Morgan fingerprint density at radius 2 is 2.10 bits per heavy atom. The maximum absolute atomic E-state index is 12.5. The number of aliphatic hydroxyl groups excluding tert-OH is 1. The number of rotatable bonds is 7. The fraction of sp³-hybridized carbons (Fsp3) is 0.600. The summed E-state index contributed by atoms with van der Waals surface area (Å²) in [6, 6.07) is 3.38. The van der Waals surface area contributed by atoms with Crippen molar-refractivity contribution in [3.05, 3.63) is 28.5 Å². The van der Waals surface area contributed by atoms with Crippen LogP contribution in [-0.4, -0.2) is 40.6 Å². The summed E-state index contributed by atoms with van der Waals surface area (Å²) in [6.07, 6.45) is 1.92. The van der Waals surface area contributed by atoms with Gasteiger partial charge in [0.15, 0.2) is 0 Å². The Hall–Kier alpha value is -1.13. The Balaban J connectivity index is 2.98. The van der Waals surface area contributed by atoms with Crippen LogP contribution in [0.25, 0.3) is 0 Å². The minimum absolute atomic E-state index is 0.0364. The zero-order valence-electron chi connectivity index (χ0n) is 12.4. The lowest BCUT2D eigenvalue weighted by atomic mass is 10.1. The van der Waals surface area contributed by atoms with Crippen molar-refractivity contribution in [1.82, 2.24) is 9.88 Å². The maximum atomic E-state index is 12.5. The number of amides is 1. The molecule has 0 aliphatic carbocycles. The first-order valence-corrected chi connectivity index (χ1v) is 7.45. The van der Waals surface area contributed by atoms with Crippen LogP contribution in [0.3, 0.4) is 0 Å².